The van der Waals surface area contributed by atoms with Crippen LogP contribution in [0.15, 0.2) is 12.1 Å². The highest BCUT2D eigenvalue weighted by Gasteiger charge is 2.25. The van der Waals surface area contributed by atoms with Gasteiger partial charge in [-0.25, -0.2) is 0 Å². The van der Waals surface area contributed by atoms with E-state index >= 15 is 0 Å². The molecule has 1 rings (SSSR count). The molecular formula is C9H7Cl2NO4. The quantitative estimate of drug-likeness (QED) is 0.363. The van der Waals surface area contributed by atoms with Crippen LogP contribution in [0.5, 0.6) is 5.75 Å². The first-order valence-corrected chi connectivity index (χ1v) is 5.03. The van der Waals surface area contributed by atoms with E-state index in [1.165, 1.54) is 13.2 Å². The summed E-state index contributed by atoms with van der Waals surface area (Å²) >= 11 is 11.0. The van der Waals surface area contributed by atoms with E-state index in [0.717, 1.165) is 6.07 Å². The number of nitro benzene ring substituents is 1. The molecule has 0 unspecified atom stereocenters. The number of Topliss-reactive ketones (excluding diaryl/α,β-unsaturated/α-hetero) is 1. The molecule has 0 aliphatic heterocycles. The number of nitro groups is 1. The minimum Gasteiger partial charge on any atom is -0.496 e. The molecule has 0 N–H and O–H groups in total. The summed E-state index contributed by atoms with van der Waals surface area (Å²) in [7, 11) is 1.29. The Morgan fingerprint density at radius 1 is 1.56 bits per heavy atom. The molecule has 1 aromatic rings. The van der Waals surface area contributed by atoms with E-state index < -0.39 is 16.4 Å². The molecule has 0 fully saturated rings. The van der Waals surface area contributed by atoms with Crippen molar-refractivity contribution < 1.29 is 14.5 Å². The Morgan fingerprint density at radius 2 is 2.19 bits per heavy atom. The van der Waals surface area contributed by atoms with Crippen molar-refractivity contribution in [1.29, 1.82) is 0 Å². The monoisotopic (exact) mass is 263 g/mol. The van der Waals surface area contributed by atoms with Gasteiger partial charge in [-0.2, -0.15) is 0 Å². The van der Waals surface area contributed by atoms with Crippen LogP contribution in [0, 0.1) is 10.1 Å². The Morgan fingerprint density at radius 3 is 2.62 bits per heavy atom. The highest BCUT2D eigenvalue weighted by atomic mass is 35.5. The van der Waals surface area contributed by atoms with Gasteiger partial charge < -0.3 is 4.74 Å². The van der Waals surface area contributed by atoms with Crippen LogP contribution in [-0.4, -0.2) is 23.7 Å². The van der Waals surface area contributed by atoms with E-state index in [9.17, 15) is 14.9 Å². The number of alkyl halides is 1. The zero-order valence-electron chi connectivity index (χ0n) is 8.20. The molecule has 0 amide bonds. The number of hydrogen-bond donors (Lipinski definition) is 0. The Balaban J connectivity index is 3.51. The zero-order chi connectivity index (χ0) is 12.3. The second-order valence-electron chi connectivity index (χ2n) is 2.82. The third kappa shape index (κ3) is 2.43. The lowest BCUT2D eigenvalue weighted by molar-refractivity contribution is -0.385. The number of hydrogen-bond acceptors (Lipinski definition) is 4. The van der Waals surface area contributed by atoms with Gasteiger partial charge in [0.25, 0.3) is 5.69 Å². The van der Waals surface area contributed by atoms with Gasteiger partial charge in [0.15, 0.2) is 5.78 Å². The Bertz CT molecular complexity index is 447. The molecule has 5 nitrogen and oxygen atoms in total. The maximum absolute atomic E-state index is 11.5. The molecule has 0 atom stereocenters. The van der Waals surface area contributed by atoms with Gasteiger partial charge in [0.05, 0.1) is 22.9 Å². The highest BCUT2D eigenvalue weighted by molar-refractivity contribution is 6.33. The van der Waals surface area contributed by atoms with E-state index in [4.69, 9.17) is 27.9 Å². The first-order valence-electron chi connectivity index (χ1n) is 4.12. The van der Waals surface area contributed by atoms with E-state index in [0.29, 0.717) is 0 Å². The standard InChI is InChI=1S/C9H7Cl2NO4/c1-16-8-3-5(11)2-6(12(14)15)9(8)7(13)4-10/h2-3H,4H2,1H3. The molecule has 0 aromatic heterocycles. The molecule has 16 heavy (non-hydrogen) atoms. The second-order valence-corrected chi connectivity index (χ2v) is 3.52. The molecule has 0 saturated carbocycles. The van der Waals surface area contributed by atoms with Gasteiger partial charge in [0.2, 0.25) is 0 Å². The zero-order valence-corrected chi connectivity index (χ0v) is 9.71. The summed E-state index contributed by atoms with van der Waals surface area (Å²) in [6.45, 7) is 0. The predicted octanol–water partition coefficient (Wildman–Crippen LogP) is 2.68. The number of ether oxygens (including phenoxy) is 1. The van der Waals surface area contributed by atoms with E-state index in [1.54, 1.807) is 0 Å². The summed E-state index contributed by atoms with van der Waals surface area (Å²) in [5.41, 5.74) is -0.568. The number of halogens is 2. The van der Waals surface area contributed by atoms with Crippen molar-refractivity contribution in [2.75, 3.05) is 13.0 Å². The second kappa shape index (κ2) is 5.14. The SMILES string of the molecule is COc1cc(Cl)cc([N+](=O)[O-])c1C(=O)CCl. The van der Waals surface area contributed by atoms with Crippen molar-refractivity contribution in [2.45, 2.75) is 0 Å². The van der Waals surface area contributed by atoms with Crippen LogP contribution in [0.3, 0.4) is 0 Å². The summed E-state index contributed by atoms with van der Waals surface area (Å²) in [6, 6.07) is 2.41. The van der Waals surface area contributed by atoms with Crippen LogP contribution in [0.1, 0.15) is 10.4 Å². The third-order valence-electron chi connectivity index (χ3n) is 1.86. The first kappa shape index (κ1) is 12.7. The van der Waals surface area contributed by atoms with Crippen molar-refractivity contribution in [3.8, 4) is 5.75 Å². The van der Waals surface area contributed by atoms with E-state index in [2.05, 4.69) is 0 Å². The van der Waals surface area contributed by atoms with E-state index in [-0.39, 0.29) is 22.2 Å². The average molecular weight is 264 g/mol. The Labute approximate surface area is 101 Å². The first-order chi connectivity index (χ1) is 7.51. The minimum absolute atomic E-state index is 0.0462. The van der Waals surface area contributed by atoms with Crippen LogP contribution in [0.25, 0.3) is 0 Å². The normalized spacial score (nSPS) is 9.94. The highest BCUT2D eigenvalue weighted by Crippen LogP contribution is 2.33. The molecule has 86 valence electrons. The molecule has 0 aliphatic rings. The van der Waals surface area contributed by atoms with Crippen molar-refractivity contribution in [2.24, 2.45) is 0 Å². The molecule has 0 heterocycles. The van der Waals surface area contributed by atoms with Gasteiger partial charge in [-0.1, -0.05) is 11.6 Å². The van der Waals surface area contributed by atoms with Gasteiger partial charge in [0.1, 0.15) is 11.3 Å². The van der Waals surface area contributed by atoms with Crippen molar-refractivity contribution in [1.82, 2.24) is 0 Å². The molecule has 0 radical (unpaired) electrons. The smallest absolute Gasteiger partial charge is 0.285 e. The number of ketones is 1. The van der Waals surface area contributed by atoms with E-state index in [1.807, 2.05) is 0 Å². The van der Waals surface area contributed by atoms with Crippen LogP contribution in [-0.2, 0) is 0 Å². The lowest BCUT2D eigenvalue weighted by Gasteiger charge is -2.07. The average Bonchev–Trinajstić information content (AvgIpc) is 2.26. The maximum atomic E-state index is 11.5. The molecule has 0 bridgehead atoms. The molecule has 1 aromatic carbocycles. The van der Waals surface area contributed by atoms with Crippen molar-refractivity contribution in [3.05, 3.63) is 32.8 Å². The molecule has 7 heteroatoms. The van der Waals surface area contributed by atoms with Crippen molar-refractivity contribution in [3.63, 3.8) is 0 Å². The van der Waals surface area contributed by atoms with Crippen LogP contribution in [0.2, 0.25) is 5.02 Å². The molecule has 0 spiro atoms. The lowest BCUT2D eigenvalue weighted by atomic mass is 10.1. The van der Waals surface area contributed by atoms with Gasteiger partial charge in [-0.05, 0) is 0 Å². The number of rotatable bonds is 4. The maximum Gasteiger partial charge on any atom is 0.285 e. The fraction of sp³-hybridized carbons (Fsp3) is 0.222. The largest absolute Gasteiger partial charge is 0.496 e. The number of benzene rings is 1. The van der Waals surface area contributed by atoms with Crippen LogP contribution in [0.4, 0.5) is 5.69 Å². The number of carbonyl (C=O) groups is 1. The Kier molecular flexibility index (Phi) is 4.09. The van der Waals surface area contributed by atoms with Gasteiger partial charge in [0, 0.05) is 12.1 Å². The summed E-state index contributed by atoms with van der Waals surface area (Å²) < 4.78 is 4.87. The van der Waals surface area contributed by atoms with Gasteiger partial charge in [-0.3, -0.25) is 14.9 Å². The fourth-order valence-electron chi connectivity index (χ4n) is 1.22. The molecular weight excluding hydrogens is 257 g/mol. The Hall–Kier alpha value is -1.33. The lowest BCUT2D eigenvalue weighted by Crippen LogP contribution is -2.07. The summed E-state index contributed by atoms with van der Waals surface area (Å²) in [4.78, 5) is 21.5. The predicted molar refractivity (Wildman–Crippen MR) is 59.7 cm³/mol. The number of methoxy groups -OCH3 is 1. The third-order valence-corrected chi connectivity index (χ3v) is 2.32. The number of nitrogens with zero attached hydrogens (tertiary/aromatic N) is 1. The number of carbonyl (C=O) groups excluding carboxylic acids is 1. The fourth-order valence-corrected chi connectivity index (χ4v) is 1.56. The summed E-state index contributed by atoms with van der Waals surface area (Å²) in [5.74, 6) is -0.898. The van der Waals surface area contributed by atoms with Crippen LogP contribution >= 0.6 is 23.2 Å². The van der Waals surface area contributed by atoms with Crippen molar-refractivity contribution >= 4 is 34.7 Å². The summed E-state index contributed by atoms with van der Waals surface area (Å²) in [6.07, 6.45) is 0. The summed E-state index contributed by atoms with van der Waals surface area (Å²) in [5, 5.41) is 10.9. The van der Waals surface area contributed by atoms with Gasteiger partial charge >= 0.3 is 0 Å². The minimum atomic E-state index is -0.700. The van der Waals surface area contributed by atoms with Crippen LogP contribution < -0.4 is 4.74 Å². The molecule has 0 saturated heterocycles. The van der Waals surface area contributed by atoms with Gasteiger partial charge in [-0.15, -0.1) is 11.6 Å². The topological polar surface area (TPSA) is 69.4 Å². The molecule has 0 aliphatic carbocycles.